The van der Waals surface area contributed by atoms with Gasteiger partial charge in [0.15, 0.2) is 5.65 Å². The number of aryl methyl sites for hydroxylation is 1. The zero-order valence-electron chi connectivity index (χ0n) is 10.5. The van der Waals surface area contributed by atoms with Crippen LogP contribution >= 0.6 is 11.6 Å². The molecule has 2 aromatic rings. The lowest BCUT2D eigenvalue weighted by molar-refractivity contribution is 0.0637. The maximum Gasteiger partial charge on any atom is 0.330 e. The number of fused-ring (bicyclic) bond motifs is 1. The van der Waals surface area contributed by atoms with Gasteiger partial charge < -0.3 is 0 Å². The van der Waals surface area contributed by atoms with E-state index in [1.165, 1.54) is 16.1 Å². The lowest BCUT2D eigenvalue weighted by atomic mass is 10.1. The van der Waals surface area contributed by atoms with E-state index in [0.29, 0.717) is 11.2 Å². The predicted molar refractivity (Wildman–Crippen MR) is 67.7 cm³/mol. The minimum Gasteiger partial charge on any atom is -0.290 e. The molecule has 0 saturated heterocycles. The van der Waals surface area contributed by atoms with Crippen molar-refractivity contribution in [1.82, 2.24) is 14.1 Å². The summed E-state index contributed by atoms with van der Waals surface area (Å²) in [7, 11) is 1.55. The molecular weight excluding hydrogens is 276 g/mol. The van der Waals surface area contributed by atoms with Crippen molar-refractivity contribution >= 4 is 22.8 Å². The van der Waals surface area contributed by atoms with Crippen LogP contribution in [0.3, 0.4) is 0 Å². The Kier molecular flexibility index (Phi) is 2.36. The number of imidazole rings is 1. The summed E-state index contributed by atoms with van der Waals surface area (Å²) in [5, 5.41) is 0.267. The van der Waals surface area contributed by atoms with Crippen molar-refractivity contribution in [3.63, 3.8) is 0 Å². The van der Waals surface area contributed by atoms with E-state index in [2.05, 4.69) is 4.98 Å². The van der Waals surface area contributed by atoms with Crippen molar-refractivity contribution in [3.05, 3.63) is 27.8 Å². The van der Waals surface area contributed by atoms with Gasteiger partial charge in [-0.25, -0.2) is 18.6 Å². The highest BCUT2D eigenvalue weighted by molar-refractivity contribution is 6.29. The van der Waals surface area contributed by atoms with E-state index in [9.17, 15) is 13.6 Å². The highest BCUT2D eigenvalue weighted by Crippen LogP contribution is 2.61. The van der Waals surface area contributed by atoms with Gasteiger partial charge in [-0.15, -0.1) is 0 Å². The zero-order chi connectivity index (χ0) is 14.0. The van der Waals surface area contributed by atoms with Gasteiger partial charge in [-0.1, -0.05) is 18.5 Å². The van der Waals surface area contributed by atoms with Crippen molar-refractivity contribution in [2.24, 2.45) is 12.5 Å². The first kappa shape index (κ1) is 12.6. The SMILES string of the molecule is Cn1c(=O)n(CC2(C)CC2(F)F)c2ccc(Cl)nc21. The van der Waals surface area contributed by atoms with Crippen molar-refractivity contribution in [2.75, 3.05) is 0 Å². The Morgan fingerprint density at radius 3 is 2.68 bits per heavy atom. The second kappa shape index (κ2) is 3.56. The van der Waals surface area contributed by atoms with E-state index in [1.54, 1.807) is 19.2 Å². The molecule has 102 valence electrons. The van der Waals surface area contributed by atoms with Gasteiger partial charge in [0.1, 0.15) is 5.15 Å². The van der Waals surface area contributed by atoms with Crippen LogP contribution in [-0.4, -0.2) is 20.0 Å². The summed E-state index contributed by atoms with van der Waals surface area (Å²) in [6.45, 7) is 1.47. The van der Waals surface area contributed by atoms with E-state index < -0.39 is 11.3 Å². The Hall–Kier alpha value is -1.43. The van der Waals surface area contributed by atoms with Gasteiger partial charge in [-0.3, -0.25) is 9.13 Å². The van der Waals surface area contributed by atoms with Gasteiger partial charge in [0.25, 0.3) is 5.92 Å². The molecule has 0 amide bonds. The Morgan fingerprint density at radius 2 is 2.11 bits per heavy atom. The second-order valence-electron chi connectivity index (χ2n) is 5.35. The van der Waals surface area contributed by atoms with Crippen LogP contribution in [0.25, 0.3) is 11.2 Å². The van der Waals surface area contributed by atoms with Crippen LogP contribution in [0.5, 0.6) is 0 Å². The van der Waals surface area contributed by atoms with Crippen LogP contribution in [0.15, 0.2) is 16.9 Å². The van der Waals surface area contributed by atoms with E-state index in [4.69, 9.17) is 11.6 Å². The minimum absolute atomic E-state index is 0.0144. The molecule has 1 unspecified atom stereocenters. The van der Waals surface area contributed by atoms with E-state index in [-0.39, 0.29) is 23.8 Å². The van der Waals surface area contributed by atoms with Crippen molar-refractivity contribution < 1.29 is 8.78 Å². The van der Waals surface area contributed by atoms with Gasteiger partial charge in [-0.05, 0) is 12.1 Å². The van der Waals surface area contributed by atoms with Crippen LogP contribution in [-0.2, 0) is 13.6 Å². The summed E-state index contributed by atoms with van der Waals surface area (Å²) < 4.78 is 29.3. The number of hydrogen-bond donors (Lipinski definition) is 0. The van der Waals surface area contributed by atoms with Gasteiger partial charge in [0, 0.05) is 20.0 Å². The largest absolute Gasteiger partial charge is 0.330 e. The summed E-state index contributed by atoms with van der Waals surface area (Å²) in [5.41, 5.74) is -0.565. The number of hydrogen-bond acceptors (Lipinski definition) is 2. The third-order valence-electron chi connectivity index (χ3n) is 3.82. The molecule has 0 radical (unpaired) electrons. The molecular formula is C12H12ClF2N3O. The van der Waals surface area contributed by atoms with Gasteiger partial charge in [-0.2, -0.15) is 0 Å². The Balaban J connectivity index is 2.15. The average Bonchev–Trinajstić information content (AvgIpc) is 2.74. The molecule has 19 heavy (non-hydrogen) atoms. The topological polar surface area (TPSA) is 39.8 Å². The van der Waals surface area contributed by atoms with E-state index in [0.717, 1.165) is 0 Å². The molecule has 1 aliphatic carbocycles. The molecule has 0 spiro atoms. The van der Waals surface area contributed by atoms with Crippen LogP contribution in [0.4, 0.5) is 8.78 Å². The maximum absolute atomic E-state index is 13.3. The number of alkyl halides is 2. The smallest absolute Gasteiger partial charge is 0.290 e. The maximum atomic E-state index is 13.3. The van der Waals surface area contributed by atoms with Crippen LogP contribution in [0.1, 0.15) is 13.3 Å². The quantitative estimate of drug-likeness (QED) is 0.796. The molecule has 1 aliphatic rings. The first-order chi connectivity index (χ1) is 8.75. The molecule has 0 bridgehead atoms. The van der Waals surface area contributed by atoms with E-state index >= 15 is 0 Å². The molecule has 2 aromatic heterocycles. The van der Waals surface area contributed by atoms with Gasteiger partial charge in [0.05, 0.1) is 10.9 Å². The highest BCUT2D eigenvalue weighted by Gasteiger charge is 2.68. The number of nitrogens with zero attached hydrogens (tertiary/aromatic N) is 3. The minimum atomic E-state index is -2.70. The molecule has 3 rings (SSSR count). The second-order valence-corrected chi connectivity index (χ2v) is 5.73. The third kappa shape index (κ3) is 1.69. The lowest BCUT2D eigenvalue weighted by Gasteiger charge is -2.10. The summed E-state index contributed by atoms with van der Waals surface area (Å²) in [4.78, 5) is 16.2. The Labute approximate surface area is 112 Å². The van der Waals surface area contributed by atoms with Crippen LogP contribution in [0, 0.1) is 5.41 Å². The first-order valence-corrected chi connectivity index (χ1v) is 6.23. The normalized spacial score (nSPS) is 24.9. The molecule has 0 aliphatic heterocycles. The summed E-state index contributed by atoms with van der Waals surface area (Å²) in [6.07, 6.45) is -0.191. The molecule has 4 nitrogen and oxygen atoms in total. The Morgan fingerprint density at radius 1 is 1.47 bits per heavy atom. The van der Waals surface area contributed by atoms with Crippen LogP contribution in [0.2, 0.25) is 5.15 Å². The average molecular weight is 288 g/mol. The fourth-order valence-electron chi connectivity index (χ4n) is 2.37. The number of pyridine rings is 1. The van der Waals surface area contributed by atoms with Crippen molar-refractivity contribution in [2.45, 2.75) is 25.8 Å². The van der Waals surface area contributed by atoms with Crippen LogP contribution < -0.4 is 5.69 Å². The van der Waals surface area contributed by atoms with Gasteiger partial charge in [0.2, 0.25) is 0 Å². The highest BCUT2D eigenvalue weighted by atomic mass is 35.5. The fourth-order valence-corrected chi connectivity index (χ4v) is 2.51. The number of rotatable bonds is 2. The molecule has 2 heterocycles. The Bertz CT molecular complexity index is 736. The summed E-state index contributed by atoms with van der Waals surface area (Å²) >= 11 is 5.79. The molecule has 0 N–H and O–H groups in total. The monoisotopic (exact) mass is 287 g/mol. The van der Waals surface area contributed by atoms with Crippen molar-refractivity contribution in [1.29, 1.82) is 0 Å². The summed E-state index contributed by atoms with van der Waals surface area (Å²) in [6, 6.07) is 3.18. The standard InChI is InChI=1S/C12H12ClF2N3O/c1-11(5-12(11,14)15)6-18-7-3-4-8(13)16-9(7)17(2)10(18)19/h3-4H,5-6H2,1-2H3. The first-order valence-electron chi connectivity index (χ1n) is 5.85. The fraction of sp³-hybridized carbons (Fsp3) is 0.500. The van der Waals surface area contributed by atoms with E-state index in [1.807, 2.05) is 0 Å². The van der Waals surface area contributed by atoms with Crippen molar-refractivity contribution in [3.8, 4) is 0 Å². The molecule has 7 heteroatoms. The molecule has 1 saturated carbocycles. The lowest BCUT2D eigenvalue weighted by Crippen LogP contribution is -2.27. The number of aromatic nitrogens is 3. The molecule has 1 atom stereocenters. The zero-order valence-corrected chi connectivity index (χ0v) is 11.2. The molecule has 1 fully saturated rings. The number of halogens is 3. The molecule has 0 aromatic carbocycles. The third-order valence-corrected chi connectivity index (χ3v) is 4.03. The van der Waals surface area contributed by atoms with Gasteiger partial charge >= 0.3 is 5.69 Å². The summed E-state index contributed by atoms with van der Waals surface area (Å²) in [5.74, 6) is -2.70. The predicted octanol–water partition coefficient (Wildman–Crippen LogP) is 2.43.